The largest absolute Gasteiger partial charge is 0.350 e. The average Bonchev–Trinajstić information content (AvgIpc) is 3.44. The molecule has 1 aliphatic heterocycles. The van der Waals surface area contributed by atoms with Crippen LogP contribution in [0.25, 0.3) is 0 Å². The second-order valence-electron chi connectivity index (χ2n) is 11.3. The minimum atomic E-state index is -1.07. The molecule has 10 nitrogen and oxygen atoms in total. The summed E-state index contributed by atoms with van der Waals surface area (Å²) >= 11 is 0. The molecule has 1 aromatic carbocycles. The lowest BCUT2D eigenvalue weighted by Crippen LogP contribution is -2.56. The maximum absolute atomic E-state index is 13.7. The van der Waals surface area contributed by atoms with Gasteiger partial charge in [-0.25, -0.2) is 4.79 Å². The Labute approximate surface area is 218 Å². The van der Waals surface area contributed by atoms with Crippen LogP contribution in [0.4, 0.5) is 10.5 Å². The van der Waals surface area contributed by atoms with Gasteiger partial charge in [-0.3, -0.25) is 19.2 Å². The highest BCUT2D eigenvalue weighted by Crippen LogP contribution is 2.25. The Bertz CT molecular complexity index is 1160. The maximum Gasteiger partial charge on any atom is 0.323 e. The van der Waals surface area contributed by atoms with E-state index in [2.05, 4.69) is 15.7 Å². The molecule has 2 aliphatic rings. The van der Waals surface area contributed by atoms with Gasteiger partial charge in [0, 0.05) is 43.3 Å². The number of carbonyl (C=O) groups excluding carboxylic acids is 3. The Hall–Kier alpha value is -3.40. The standard InChI is InChI=1S/C27H39N7O3/c1-17-7-6-8-20(15-17)30-26(37)34-14-13-33(24(34)23(35)29-19-11-9-18(28)10-12-19)25(36)21-16-22(27(2,3)4)31-32(21)5/h6-8,15-16,18-19,24H,9-14,28H2,1-5H3,(H,29,35)(H,30,37). The van der Waals surface area contributed by atoms with Crippen molar-refractivity contribution in [1.82, 2.24) is 24.9 Å². The Balaban J connectivity index is 1.59. The van der Waals surface area contributed by atoms with Crippen molar-refractivity contribution in [3.63, 3.8) is 0 Å². The molecule has 1 unspecified atom stereocenters. The van der Waals surface area contributed by atoms with Crippen LogP contribution < -0.4 is 16.4 Å². The number of aromatic nitrogens is 2. The fourth-order valence-corrected chi connectivity index (χ4v) is 4.97. The number of nitrogens with zero attached hydrogens (tertiary/aromatic N) is 4. The van der Waals surface area contributed by atoms with E-state index < -0.39 is 12.2 Å². The molecule has 10 heteroatoms. The number of hydrogen-bond acceptors (Lipinski definition) is 5. The molecule has 0 radical (unpaired) electrons. The van der Waals surface area contributed by atoms with Crippen molar-refractivity contribution in [2.24, 2.45) is 12.8 Å². The van der Waals surface area contributed by atoms with Crippen molar-refractivity contribution in [3.05, 3.63) is 47.3 Å². The molecule has 200 valence electrons. The summed E-state index contributed by atoms with van der Waals surface area (Å²) in [6.07, 6.45) is 2.15. The van der Waals surface area contributed by atoms with Crippen molar-refractivity contribution in [2.75, 3.05) is 18.4 Å². The second kappa shape index (κ2) is 10.5. The molecule has 2 fully saturated rings. The van der Waals surface area contributed by atoms with E-state index in [9.17, 15) is 14.4 Å². The first-order valence-electron chi connectivity index (χ1n) is 13.0. The molecule has 1 saturated heterocycles. The lowest BCUT2D eigenvalue weighted by Gasteiger charge is -2.32. The Morgan fingerprint density at radius 3 is 2.32 bits per heavy atom. The van der Waals surface area contributed by atoms with E-state index in [1.165, 1.54) is 9.80 Å². The highest BCUT2D eigenvalue weighted by molar-refractivity contribution is 6.00. The molecule has 4 N–H and O–H groups in total. The van der Waals surface area contributed by atoms with Gasteiger partial charge < -0.3 is 21.3 Å². The van der Waals surface area contributed by atoms with Crippen LogP contribution in [0.5, 0.6) is 0 Å². The van der Waals surface area contributed by atoms with Gasteiger partial charge in [-0.05, 0) is 56.4 Å². The summed E-state index contributed by atoms with van der Waals surface area (Å²) in [5.41, 5.74) is 8.60. The van der Waals surface area contributed by atoms with Crippen LogP contribution >= 0.6 is 0 Å². The minimum Gasteiger partial charge on any atom is -0.350 e. The number of nitrogens with two attached hydrogens (primary N) is 1. The number of hydrogen-bond donors (Lipinski definition) is 3. The van der Waals surface area contributed by atoms with E-state index in [-0.39, 0.29) is 42.4 Å². The third kappa shape index (κ3) is 5.95. The molecule has 1 atom stereocenters. The zero-order valence-electron chi connectivity index (χ0n) is 22.5. The van der Waals surface area contributed by atoms with Gasteiger partial charge in [0.15, 0.2) is 6.17 Å². The van der Waals surface area contributed by atoms with Gasteiger partial charge in [-0.15, -0.1) is 0 Å². The SMILES string of the molecule is Cc1cccc(NC(=O)N2CCN(C(=O)c3cc(C(C)(C)C)nn3C)C2C(=O)NC2CCC(N)CC2)c1. The molecule has 1 aliphatic carbocycles. The van der Waals surface area contributed by atoms with Crippen LogP contribution in [-0.2, 0) is 17.3 Å². The molecule has 0 spiro atoms. The maximum atomic E-state index is 13.7. The molecule has 1 saturated carbocycles. The van der Waals surface area contributed by atoms with Gasteiger partial charge in [0.2, 0.25) is 0 Å². The predicted molar refractivity (Wildman–Crippen MR) is 142 cm³/mol. The van der Waals surface area contributed by atoms with Crippen LogP contribution in [0, 0.1) is 6.92 Å². The van der Waals surface area contributed by atoms with Crippen molar-refractivity contribution < 1.29 is 14.4 Å². The van der Waals surface area contributed by atoms with Crippen LogP contribution in [0.3, 0.4) is 0 Å². The van der Waals surface area contributed by atoms with E-state index in [0.29, 0.717) is 11.4 Å². The summed E-state index contributed by atoms with van der Waals surface area (Å²) in [7, 11) is 1.72. The predicted octanol–water partition coefficient (Wildman–Crippen LogP) is 2.73. The molecule has 0 bridgehead atoms. The number of carbonyl (C=O) groups is 3. The summed E-state index contributed by atoms with van der Waals surface area (Å²) < 4.78 is 1.55. The van der Waals surface area contributed by atoms with Crippen LogP contribution in [0.2, 0.25) is 0 Å². The van der Waals surface area contributed by atoms with E-state index in [1.807, 2.05) is 45.9 Å². The Morgan fingerprint density at radius 2 is 1.70 bits per heavy atom. The van der Waals surface area contributed by atoms with Crippen molar-refractivity contribution >= 4 is 23.5 Å². The van der Waals surface area contributed by atoms with Gasteiger partial charge in [0.1, 0.15) is 5.69 Å². The number of benzene rings is 1. The van der Waals surface area contributed by atoms with E-state index in [1.54, 1.807) is 23.9 Å². The third-order valence-corrected chi connectivity index (χ3v) is 7.18. The quantitative estimate of drug-likeness (QED) is 0.584. The third-order valence-electron chi connectivity index (χ3n) is 7.18. The van der Waals surface area contributed by atoms with Gasteiger partial charge in [0.05, 0.1) is 5.69 Å². The summed E-state index contributed by atoms with van der Waals surface area (Å²) in [5, 5.41) is 10.5. The molecule has 1 aromatic heterocycles. The number of urea groups is 1. The first kappa shape index (κ1) is 26.7. The number of anilines is 1. The van der Waals surface area contributed by atoms with Crippen molar-refractivity contribution in [3.8, 4) is 0 Å². The summed E-state index contributed by atoms with van der Waals surface area (Å²) in [6, 6.07) is 8.93. The molecule has 4 amide bonds. The smallest absolute Gasteiger partial charge is 0.323 e. The molecule has 2 aromatic rings. The van der Waals surface area contributed by atoms with E-state index in [0.717, 1.165) is 36.9 Å². The fourth-order valence-electron chi connectivity index (χ4n) is 4.97. The lowest BCUT2D eigenvalue weighted by molar-refractivity contribution is -0.128. The highest BCUT2D eigenvalue weighted by Gasteiger charge is 2.44. The normalized spacial score (nSPS) is 22.2. The first-order chi connectivity index (χ1) is 17.4. The van der Waals surface area contributed by atoms with E-state index >= 15 is 0 Å². The Kier molecular flexibility index (Phi) is 7.59. The summed E-state index contributed by atoms with van der Waals surface area (Å²) in [4.78, 5) is 43.6. The zero-order chi connectivity index (χ0) is 26.9. The van der Waals surface area contributed by atoms with Gasteiger partial charge in [-0.2, -0.15) is 5.10 Å². The van der Waals surface area contributed by atoms with Gasteiger partial charge in [-0.1, -0.05) is 32.9 Å². The zero-order valence-corrected chi connectivity index (χ0v) is 22.5. The Morgan fingerprint density at radius 1 is 1.03 bits per heavy atom. The van der Waals surface area contributed by atoms with Crippen molar-refractivity contribution in [2.45, 2.75) is 77.0 Å². The molecule has 37 heavy (non-hydrogen) atoms. The number of aryl methyl sites for hydroxylation is 2. The molecular weight excluding hydrogens is 470 g/mol. The lowest BCUT2D eigenvalue weighted by atomic mass is 9.92. The van der Waals surface area contributed by atoms with E-state index in [4.69, 9.17) is 5.73 Å². The number of rotatable bonds is 4. The van der Waals surface area contributed by atoms with Crippen molar-refractivity contribution in [1.29, 1.82) is 0 Å². The van der Waals surface area contributed by atoms with Crippen LogP contribution in [0.15, 0.2) is 30.3 Å². The summed E-state index contributed by atoms with van der Waals surface area (Å²) in [6.45, 7) is 8.51. The average molecular weight is 510 g/mol. The topological polar surface area (TPSA) is 126 Å². The first-order valence-corrected chi connectivity index (χ1v) is 13.0. The molecule has 2 heterocycles. The van der Waals surface area contributed by atoms with Gasteiger partial charge in [0.25, 0.3) is 11.8 Å². The monoisotopic (exact) mass is 509 g/mol. The number of amides is 4. The number of nitrogens with one attached hydrogen (secondary N) is 2. The second-order valence-corrected chi connectivity index (χ2v) is 11.3. The molecule has 4 rings (SSSR count). The van der Waals surface area contributed by atoms with Gasteiger partial charge >= 0.3 is 6.03 Å². The minimum absolute atomic E-state index is 0.0317. The molecular formula is C27H39N7O3. The van der Waals surface area contributed by atoms with Crippen LogP contribution in [-0.4, -0.2) is 68.8 Å². The summed E-state index contributed by atoms with van der Waals surface area (Å²) in [5.74, 6) is -0.689. The highest BCUT2D eigenvalue weighted by atomic mass is 16.2. The van der Waals surface area contributed by atoms with Crippen LogP contribution in [0.1, 0.15) is 68.2 Å². The fraction of sp³-hybridized carbons (Fsp3) is 0.556.